The number of benzene rings is 4. The Balaban J connectivity index is 0.000000172. The van der Waals surface area contributed by atoms with Gasteiger partial charge in [0.15, 0.2) is 0 Å². The van der Waals surface area contributed by atoms with Gasteiger partial charge in [0.2, 0.25) is 0 Å². The van der Waals surface area contributed by atoms with E-state index in [2.05, 4.69) is 67.9 Å². The van der Waals surface area contributed by atoms with Crippen molar-refractivity contribution < 1.29 is 17.1 Å². The Morgan fingerprint density at radius 1 is 0.412 bits per heavy atom. The molecule has 0 saturated carbocycles. The number of hydrogen-bond donors (Lipinski definition) is 0. The molecule has 245 valence electrons. The second kappa shape index (κ2) is 17.2. The van der Waals surface area contributed by atoms with Crippen LogP contribution in [0.25, 0.3) is 11.1 Å². The van der Waals surface area contributed by atoms with Crippen LogP contribution in [0, 0.1) is 23.7 Å². The summed E-state index contributed by atoms with van der Waals surface area (Å²) in [4.78, 5) is 17.8. The van der Waals surface area contributed by atoms with Crippen molar-refractivity contribution in [2.45, 2.75) is 0 Å². The van der Waals surface area contributed by atoms with Crippen molar-refractivity contribution in [3.05, 3.63) is 226 Å². The summed E-state index contributed by atoms with van der Waals surface area (Å²) in [5.41, 5.74) is 12.0. The smallest absolute Gasteiger partial charge is 0.664 e. The van der Waals surface area contributed by atoms with Crippen molar-refractivity contribution >= 4 is 23.6 Å². The summed E-state index contributed by atoms with van der Waals surface area (Å²) in [6.07, 6.45) is 15.1. The number of rotatable bonds is 4. The van der Waals surface area contributed by atoms with Gasteiger partial charge in [0.1, 0.15) is 0 Å². The third kappa shape index (κ3) is 8.90. The summed E-state index contributed by atoms with van der Waals surface area (Å²) in [5, 5.41) is 0. The predicted molar refractivity (Wildman–Crippen MR) is 205 cm³/mol. The maximum atomic E-state index is 4.44. The Bertz CT molecular complexity index is 2170. The van der Waals surface area contributed by atoms with E-state index in [-0.39, 0.29) is 17.1 Å². The van der Waals surface area contributed by atoms with E-state index in [1.54, 1.807) is 24.8 Å². The van der Waals surface area contributed by atoms with Crippen LogP contribution in [0.2, 0.25) is 0 Å². The van der Waals surface area contributed by atoms with Gasteiger partial charge in [0.05, 0.1) is 11.4 Å². The van der Waals surface area contributed by atoms with E-state index in [0.717, 1.165) is 67.3 Å². The molecule has 2 aliphatic heterocycles. The van der Waals surface area contributed by atoms with E-state index in [4.69, 9.17) is 0 Å². The molecular formula is C46H30CuN4. The molecule has 4 heterocycles. The minimum atomic E-state index is 0. The summed E-state index contributed by atoms with van der Waals surface area (Å²) in [7, 11) is 0. The Morgan fingerprint density at radius 3 is 1.10 bits per heavy atom. The van der Waals surface area contributed by atoms with Crippen molar-refractivity contribution in [3.63, 3.8) is 0 Å². The van der Waals surface area contributed by atoms with Crippen LogP contribution in [0.15, 0.2) is 192 Å². The van der Waals surface area contributed by atoms with E-state index in [1.807, 2.05) is 133 Å². The number of nitrogens with zero attached hydrogens (tertiary/aromatic N) is 4. The van der Waals surface area contributed by atoms with Crippen LogP contribution in [-0.2, 0) is 17.1 Å². The van der Waals surface area contributed by atoms with Crippen molar-refractivity contribution in [2.75, 3.05) is 0 Å². The van der Waals surface area contributed by atoms with Gasteiger partial charge >= 0.3 is 17.1 Å². The third-order valence-electron chi connectivity index (χ3n) is 7.84. The number of aromatic nitrogens is 2. The van der Waals surface area contributed by atoms with Crippen LogP contribution < -0.4 is 9.97 Å². The van der Waals surface area contributed by atoms with Crippen molar-refractivity contribution in [3.8, 4) is 23.7 Å². The first kappa shape index (κ1) is 34.2. The van der Waals surface area contributed by atoms with Gasteiger partial charge in [-0.2, -0.15) is 12.4 Å². The first-order valence-electron chi connectivity index (χ1n) is 16.2. The molecule has 0 N–H and O–H groups in total. The standard InChI is InChI=1S/2C23H15N2.Cu/c2*1-2-6-18(7-3-1)10-11-19-12-14-20(15-13-19)23(21-8-4-16-24-21)22-9-5-17-25-22;/h2*1-9,12-17H;/q2*-1;+2. The Labute approximate surface area is 309 Å². The topological polar surface area (TPSA) is 52.9 Å². The van der Waals surface area contributed by atoms with Crippen molar-refractivity contribution in [1.29, 1.82) is 0 Å². The zero-order valence-electron chi connectivity index (χ0n) is 27.4. The largest absolute Gasteiger partial charge is 2.00 e. The van der Waals surface area contributed by atoms with Gasteiger partial charge in [-0.15, -0.1) is 11.4 Å². The molecule has 5 heteroatoms. The number of allylic oxidation sites excluding steroid dienone is 4. The molecule has 51 heavy (non-hydrogen) atoms. The molecule has 8 rings (SSSR count). The van der Waals surface area contributed by atoms with Crippen molar-refractivity contribution in [2.24, 2.45) is 9.98 Å². The zero-order valence-corrected chi connectivity index (χ0v) is 28.4. The van der Waals surface area contributed by atoms with Gasteiger partial charge in [-0.05, 0) is 95.1 Å². The van der Waals surface area contributed by atoms with E-state index in [9.17, 15) is 0 Å². The monoisotopic (exact) mass is 701 g/mol. The molecule has 0 aliphatic carbocycles. The zero-order chi connectivity index (χ0) is 33.8. The molecular weight excluding hydrogens is 672 g/mol. The number of aliphatic imine (C=N–C) groups is 2. The Hall–Kier alpha value is -6.62. The van der Waals surface area contributed by atoms with E-state index in [0.29, 0.717) is 0 Å². The molecule has 0 spiro atoms. The van der Waals surface area contributed by atoms with E-state index in [1.165, 1.54) is 0 Å². The molecule has 2 aromatic heterocycles. The van der Waals surface area contributed by atoms with Gasteiger partial charge in [-0.3, -0.25) is 9.98 Å². The molecule has 0 saturated heterocycles. The van der Waals surface area contributed by atoms with Crippen LogP contribution in [0.5, 0.6) is 0 Å². The molecule has 4 nitrogen and oxygen atoms in total. The van der Waals surface area contributed by atoms with Crippen LogP contribution in [0.1, 0.15) is 44.8 Å². The summed E-state index contributed by atoms with van der Waals surface area (Å²) in [5.74, 6) is 12.8. The van der Waals surface area contributed by atoms with Gasteiger partial charge in [-0.25, -0.2) is 0 Å². The van der Waals surface area contributed by atoms with Crippen LogP contribution >= 0.6 is 0 Å². The first-order valence-corrected chi connectivity index (χ1v) is 16.2. The Morgan fingerprint density at radius 2 is 0.784 bits per heavy atom. The SMILES string of the molecule is C(#Cc1ccc(C(=C2C=CC=N2)c2ccc[n-]2)cc1)c1ccccc1.C(#Cc1ccc(C(=C2C=CC=N2)c2ccc[n-]2)cc1)c1ccccc1.[Cu+2]. The van der Waals surface area contributed by atoms with E-state index < -0.39 is 0 Å². The minimum absolute atomic E-state index is 0. The van der Waals surface area contributed by atoms with E-state index >= 15 is 0 Å². The number of hydrogen-bond acceptors (Lipinski definition) is 2. The molecule has 1 radical (unpaired) electrons. The van der Waals surface area contributed by atoms with Crippen LogP contribution in [-0.4, -0.2) is 12.4 Å². The molecule has 0 fully saturated rings. The maximum absolute atomic E-state index is 4.44. The average molecular weight is 702 g/mol. The third-order valence-corrected chi connectivity index (χ3v) is 7.84. The van der Waals surface area contributed by atoms with Gasteiger partial charge < -0.3 is 9.97 Å². The fourth-order valence-corrected chi connectivity index (χ4v) is 5.42. The van der Waals surface area contributed by atoms with Gasteiger partial charge in [0, 0.05) is 34.7 Å². The summed E-state index contributed by atoms with van der Waals surface area (Å²) < 4.78 is 0. The quantitative estimate of drug-likeness (QED) is 0.136. The van der Waals surface area contributed by atoms with Crippen LogP contribution in [0.4, 0.5) is 0 Å². The van der Waals surface area contributed by atoms with Crippen LogP contribution in [0.3, 0.4) is 0 Å². The summed E-state index contributed by atoms with van der Waals surface area (Å²) >= 11 is 0. The molecule has 2 aliphatic rings. The summed E-state index contributed by atoms with van der Waals surface area (Å²) in [6.45, 7) is 0. The molecule has 0 amide bonds. The minimum Gasteiger partial charge on any atom is -0.664 e. The molecule has 4 aromatic carbocycles. The fraction of sp³-hybridized carbons (Fsp3) is 0. The van der Waals surface area contributed by atoms with Gasteiger partial charge in [-0.1, -0.05) is 109 Å². The second-order valence-corrected chi connectivity index (χ2v) is 11.2. The maximum Gasteiger partial charge on any atom is 2.00 e. The normalized spacial score (nSPS) is 14.0. The van der Waals surface area contributed by atoms with Crippen molar-refractivity contribution in [1.82, 2.24) is 9.97 Å². The first-order chi connectivity index (χ1) is 24.8. The Kier molecular flexibility index (Phi) is 11.5. The second-order valence-electron chi connectivity index (χ2n) is 11.2. The molecule has 0 atom stereocenters. The molecule has 0 bridgehead atoms. The predicted octanol–water partition coefficient (Wildman–Crippen LogP) is 8.88. The summed E-state index contributed by atoms with van der Waals surface area (Å²) in [6, 6.07) is 44.4. The molecule has 6 aromatic rings. The van der Waals surface area contributed by atoms with Gasteiger partial charge in [0.25, 0.3) is 0 Å². The fourth-order valence-electron chi connectivity index (χ4n) is 5.42. The average Bonchev–Trinajstić information content (AvgIpc) is 4.03. The molecule has 0 unspecified atom stereocenters.